The molecule has 0 spiro atoms. The number of hydrogen-bond donors (Lipinski definition) is 2. The number of nitrogens with zero attached hydrogens (tertiary/aromatic N) is 1. The first kappa shape index (κ1) is 20.8. The molecule has 8 heteroatoms. The van der Waals surface area contributed by atoms with Gasteiger partial charge >= 0.3 is 0 Å². The molecule has 0 aliphatic heterocycles. The summed E-state index contributed by atoms with van der Waals surface area (Å²) < 4.78 is 20.0. The minimum absolute atomic E-state index is 0.0815. The number of pyridine rings is 1. The van der Waals surface area contributed by atoms with Gasteiger partial charge in [0.15, 0.2) is 5.75 Å². The van der Waals surface area contributed by atoms with E-state index in [1.807, 2.05) is 0 Å². The molecule has 2 amide bonds. The lowest BCUT2D eigenvalue weighted by Gasteiger charge is -2.12. The fourth-order valence-corrected chi connectivity index (χ4v) is 2.72. The topological polar surface area (TPSA) is 89.4 Å². The second-order valence-electron chi connectivity index (χ2n) is 6.63. The maximum absolute atomic E-state index is 13.0. The zero-order valence-electron chi connectivity index (χ0n) is 16.4. The Hall–Kier alpha value is -3.94. The summed E-state index contributed by atoms with van der Waals surface area (Å²) in [4.78, 5) is 36.0. The monoisotopic (exact) mass is 409 g/mol. The van der Waals surface area contributed by atoms with Gasteiger partial charge in [0.05, 0.1) is 6.20 Å². The van der Waals surface area contributed by atoms with Crippen LogP contribution in [0.1, 0.15) is 23.0 Å². The Kier molecular flexibility index (Phi) is 6.26. The van der Waals surface area contributed by atoms with Gasteiger partial charge in [0, 0.05) is 31.4 Å². The van der Waals surface area contributed by atoms with Crippen LogP contribution in [0.2, 0.25) is 0 Å². The number of anilines is 2. The highest BCUT2D eigenvalue weighted by atomic mass is 19.1. The molecule has 154 valence electrons. The van der Waals surface area contributed by atoms with Crippen molar-refractivity contribution in [1.29, 1.82) is 0 Å². The first-order valence-electron chi connectivity index (χ1n) is 9.09. The number of rotatable bonds is 6. The van der Waals surface area contributed by atoms with Gasteiger partial charge in [0.25, 0.3) is 5.91 Å². The predicted molar refractivity (Wildman–Crippen MR) is 111 cm³/mol. The van der Waals surface area contributed by atoms with E-state index in [0.29, 0.717) is 16.9 Å². The van der Waals surface area contributed by atoms with Crippen molar-refractivity contribution in [2.45, 2.75) is 13.5 Å². The van der Waals surface area contributed by atoms with Gasteiger partial charge in [-0.1, -0.05) is 12.1 Å². The van der Waals surface area contributed by atoms with Crippen molar-refractivity contribution >= 4 is 23.2 Å². The van der Waals surface area contributed by atoms with E-state index in [9.17, 15) is 18.8 Å². The Morgan fingerprint density at radius 1 is 1.00 bits per heavy atom. The molecule has 1 aromatic heterocycles. The molecule has 30 heavy (non-hydrogen) atoms. The van der Waals surface area contributed by atoms with Gasteiger partial charge in [-0.25, -0.2) is 4.39 Å². The molecule has 0 fully saturated rings. The number of nitrogens with one attached hydrogen (secondary N) is 2. The van der Waals surface area contributed by atoms with E-state index in [-0.39, 0.29) is 29.8 Å². The van der Waals surface area contributed by atoms with Crippen LogP contribution >= 0.6 is 0 Å². The van der Waals surface area contributed by atoms with E-state index in [4.69, 9.17) is 4.74 Å². The maximum atomic E-state index is 13.0. The Balaban J connectivity index is 1.69. The summed E-state index contributed by atoms with van der Waals surface area (Å²) in [5.74, 6) is -0.927. The van der Waals surface area contributed by atoms with Gasteiger partial charge in [-0.2, -0.15) is 0 Å². The van der Waals surface area contributed by atoms with Crippen molar-refractivity contribution in [3.63, 3.8) is 0 Å². The number of hydrogen-bond acceptors (Lipinski definition) is 4. The van der Waals surface area contributed by atoms with E-state index < -0.39 is 11.3 Å². The molecule has 0 aliphatic carbocycles. The first-order chi connectivity index (χ1) is 14.3. The van der Waals surface area contributed by atoms with Gasteiger partial charge in [-0.3, -0.25) is 14.4 Å². The quantitative estimate of drug-likeness (QED) is 0.654. The summed E-state index contributed by atoms with van der Waals surface area (Å²) in [6.07, 6.45) is 1.43. The number of carbonyl (C=O) groups is 2. The van der Waals surface area contributed by atoms with Crippen LogP contribution in [0.3, 0.4) is 0 Å². The van der Waals surface area contributed by atoms with E-state index in [1.54, 1.807) is 43.4 Å². The number of carbonyl (C=O) groups excluding carboxylic acids is 2. The molecule has 0 saturated heterocycles. The van der Waals surface area contributed by atoms with E-state index in [0.717, 1.165) is 0 Å². The Morgan fingerprint density at radius 3 is 2.20 bits per heavy atom. The molecule has 0 radical (unpaired) electrons. The zero-order valence-corrected chi connectivity index (χ0v) is 16.4. The third-order valence-electron chi connectivity index (χ3n) is 4.20. The van der Waals surface area contributed by atoms with Crippen LogP contribution in [0.25, 0.3) is 0 Å². The van der Waals surface area contributed by atoms with Gasteiger partial charge in [-0.15, -0.1) is 0 Å². The van der Waals surface area contributed by atoms with Gasteiger partial charge in [0.2, 0.25) is 11.3 Å². The lowest BCUT2D eigenvalue weighted by atomic mass is 10.2. The van der Waals surface area contributed by atoms with Crippen LogP contribution < -0.4 is 20.8 Å². The highest BCUT2D eigenvalue weighted by Gasteiger charge is 2.13. The second-order valence-corrected chi connectivity index (χ2v) is 6.63. The third-order valence-corrected chi connectivity index (χ3v) is 4.20. The average Bonchev–Trinajstić information content (AvgIpc) is 2.70. The number of ether oxygens (including phenoxy) is 1. The summed E-state index contributed by atoms with van der Waals surface area (Å²) in [5.41, 5.74) is 1.54. The number of benzene rings is 2. The molecular weight excluding hydrogens is 389 g/mol. The van der Waals surface area contributed by atoms with Gasteiger partial charge < -0.3 is 19.9 Å². The van der Waals surface area contributed by atoms with Crippen LogP contribution in [0.15, 0.2) is 65.6 Å². The van der Waals surface area contributed by atoms with Crippen LogP contribution in [-0.2, 0) is 18.4 Å². The number of amides is 2. The Labute approximate surface area is 172 Å². The van der Waals surface area contributed by atoms with Crippen LogP contribution in [0.5, 0.6) is 5.75 Å². The summed E-state index contributed by atoms with van der Waals surface area (Å²) >= 11 is 0. The fourth-order valence-electron chi connectivity index (χ4n) is 2.72. The van der Waals surface area contributed by atoms with Crippen LogP contribution in [0.4, 0.5) is 15.8 Å². The highest BCUT2D eigenvalue weighted by molar-refractivity contribution is 6.03. The SMILES string of the molecule is CC(=O)Nc1ccc(NC(=O)c2cc(=O)c(OCc3ccc(F)cc3)cn2C)cc1. The zero-order chi connectivity index (χ0) is 21.7. The van der Waals surface area contributed by atoms with Crippen LogP contribution in [-0.4, -0.2) is 16.4 Å². The van der Waals surface area contributed by atoms with Gasteiger partial charge in [0.1, 0.15) is 18.1 Å². The molecule has 0 bridgehead atoms. The van der Waals surface area contributed by atoms with Crippen molar-refractivity contribution < 1.29 is 18.7 Å². The summed E-state index contributed by atoms with van der Waals surface area (Å²) in [5, 5.41) is 5.34. The van der Waals surface area contributed by atoms with Crippen molar-refractivity contribution in [1.82, 2.24) is 4.57 Å². The Morgan fingerprint density at radius 2 is 1.60 bits per heavy atom. The van der Waals surface area contributed by atoms with Crippen molar-refractivity contribution in [3.05, 3.63) is 88.1 Å². The molecule has 7 nitrogen and oxygen atoms in total. The van der Waals surface area contributed by atoms with E-state index >= 15 is 0 Å². The molecule has 0 saturated carbocycles. The summed E-state index contributed by atoms with van der Waals surface area (Å²) in [6, 6.07) is 13.5. The van der Waals surface area contributed by atoms with Crippen molar-refractivity contribution in [2.24, 2.45) is 7.05 Å². The summed E-state index contributed by atoms with van der Waals surface area (Å²) in [7, 11) is 1.62. The number of aromatic nitrogens is 1. The molecule has 2 N–H and O–H groups in total. The predicted octanol–water partition coefficient (Wildman–Crippen LogP) is 3.31. The normalized spacial score (nSPS) is 10.4. The number of aryl methyl sites for hydroxylation is 1. The molecule has 0 atom stereocenters. The minimum Gasteiger partial charge on any atom is -0.483 e. The number of halogens is 1. The second kappa shape index (κ2) is 9.04. The first-order valence-corrected chi connectivity index (χ1v) is 9.09. The Bertz CT molecular complexity index is 1120. The molecular formula is C22H20FN3O4. The molecule has 2 aromatic carbocycles. The van der Waals surface area contributed by atoms with E-state index in [1.165, 1.54) is 35.9 Å². The largest absolute Gasteiger partial charge is 0.483 e. The molecule has 3 aromatic rings. The standard InChI is InChI=1S/C22H20FN3O4/c1-14(27)24-17-7-9-18(10-8-17)25-22(29)19-11-20(28)21(12-26(19)2)30-13-15-3-5-16(23)6-4-15/h3-12H,13H2,1-2H3,(H,24,27)(H,25,29). The van der Waals surface area contributed by atoms with Crippen molar-refractivity contribution in [3.8, 4) is 5.75 Å². The minimum atomic E-state index is -0.466. The summed E-state index contributed by atoms with van der Waals surface area (Å²) in [6.45, 7) is 1.50. The average molecular weight is 409 g/mol. The molecule has 1 heterocycles. The molecule has 3 rings (SSSR count). The lowest BCUT2D eigenvalue weighted by Crippen LogP contribution is -2.21. The third kappa shape index (κ3) is 5.32. The van der Waals surface area contributed by atoms with Crippen LogP contribution in [0, 0.1) is 5.82 Å². The lowest BCUT2D eigenvalue weighted by molar-refractivity contribution is -0.114. The smallest absolute Gasteiger partial charge is 0.272 e. The highest BCUT2D eigenvalue weighted by Crippen LogP contribution is 2.15. The molecule has 0 aliphatic rings. The van der Waals surface area contributed by atoms with Gasteiger partial charge in [-0.05, 0) is 42.0 Å². The van der Waals surface area contributed by atoms with E-state index in [2.05, 4.69) is 10.6 Å². The molecule has 0 unspecified atom stereocenters. The maximum Gasteiger partial charge on any atom is 0.272 e. The van der Waals surface area contributed by atoms with Crippen molar-refractivity contribution in [2.75, 3.05) is 10.6 Å². The fraction of sp³-hybridized carbons (Fsp3) is 0.136.